The van der Waals surface area contributed by atoms with Gasteiger partial charge in [0, 0.05) is 31.3 Å². The molecule has 3 rings (SSSR count). The van der Waals surface area contributed by atoms with E-state index in [2.05, 4.69) is 21.4 Å². The van der Waals surface area contributed by atoms with Gasteiger partial charge in [0.05, 0.1) is 6.04 Å². The number of likely N-dealkylation sites (tertiary alicyclic amines) is 1. The lowest BCUT2D eigenvalue weighted by atomic mass is 10.0. The number of nitrogens with zero attached hydrogens (tertiary/aromatic N) is 3. The Bertz CT molecular complexity index is 699. The summed E-state index contributed by atoms with van der Waals surface area (Å²) in [6, 6.07) is 1.47. The minimum atomic E-state index is -1.09. The van der Waals surface area contributed by atoms with Crippen LogP contribution < -0.4 is 5.32 Å². The first kappa shape index (κ1) is 17.6. The fourth-order valence-corrected chi connectivity index (χ4v) is 3.12. The normalized spacial score (nSPS) is 23.1. The number of aryl methyl sites for hydroxylation is 1. The Morgan fingerprint density at radius 1 is 1.44 bits per heavy atom. The van der Waals surface area contributed by atoms with Crippen LogP contribution in [0, 0.1) is 6.92 Å². The van der Waals surface area contributed by atoms with Crippen LogP contribution in [0.1, 0.15) is 38.3 Å². The number of alkyl halides is 1. The molecule has 0 aromatic carbocycles. The lowest BCUT2D eigenvalue weighted by Crippen LogP contribution is -2.55. The second-order valence-electron chi connectivity index (χ2n) is 7.70. The summed E-state index contributed by atoms with van der Waals surface area (Å²) in [5.74, 6) is 1.62. The van der Waals surface area contributed by atoms with Gasteiger partial charge in [0.25, 0.3) is 0 Å². The van der Waals surface area contributed by atoms with Crippen molar-refractivity contribution in [2.75, 3.05) is 13.1 Å². The molecule has 3 heterocycles. The summed E-state index contributed by atoms with van der Waals surface area (Å²) in [5, 5.41) is 2.66. The van der Waals surface area contributed by atoms with Crippen LogP contribution in [0.4, 0.5) is 15.0 Å². The minimum Gasteiger partial charge on any atom is -0.444 e. The third kappa shape index (κ3) is 4.27. The largest absolute Gasteiger partial charge is 0.444 e. The van der Waals surface area contributed by atoms with Crippen LogP contribution in [0.2, 0.25) is 0 Å². The first-order valence-corrected chi connectivity index (χ1v) is 8.63. The summed E-state index contributed by atoms with van der Waals surface area (Å²) < 4.78 is 19.5. The van der Waals surface area contributed by atoms with E-state index in [1.807, 2.05) is 11.8 Å². The molecule has 0 bridgehead atoms. The molecular formula is C18H25FN4O2. The lowest BCUT2D eigenvalue weighted by Gasteiger charge is -2.36. The first-order valence-electron chi connectivity index (χ1n) is 8.63. The highest BCUT2D eigenvalue weighted by molar-refractivity contribution is 5.91. The van der Waals surface area contributed by atoms with E-state index in [-0.39, 0.29) is 0 Å². The maximum atomic E-state index is 14.3. The van der Waals surface area contributed by atoms with Crippen LogP contribution in [-0.4, -0.2) is 52.7 Å². The third-order valence-corrected chi connectivity index (χ3v) is 4.26. The molecule has 1 fully saturated rings. The summed E-state index contributed by atoms with van der Waals surface area (Å²) in [5.41, 5.74) is 1.58. The van der Waals surface area contributed by atoms with Crippen LogP contribution in [0.25, 0.3) is 0 Å². The molecule has 2 aliphatic rings. The molecule has 1 aromatic rings. The van der Waals surface area contributed by atoms with Gasteiger partial charge in [-0.3, -0.25) is 0 Å². The van der Waals surface area contributed by atoms with Gasteiger partial charge in [0.1, 0.15) is 17.6 Å². The summed E-state index contributed by atoms with van der Waals surface area (Å²) in [6.07, 6.45) is 1.17. The highest BCUT2D eigenvalue weighted by atomic mass is 19.1. The van der Waals surface area contributed by atoms with E-state index in [1.54, 1.807) is 27.0 Å². The number of carbonyl (C=O) groups is 1. The maximum Gasteiger partial charge on any atom is 0.408 e. The Kier molecular flexibility index (Phi) is 4.67. The molecule has 7 heteroatoms. The molecule has 1 saturated heterocycles. The number of aromatic nitrogens is 1. The van der Waals surface area contributed by atoms with E-state index in [1.165, 1.54) is 0 Å². The van der Waals surface area contributed by atoms with Crippen molar-refractivity contribution in [3.63, 3.8) is 0 Å². The number of rotatable bonds is 1. The van der Waals surface area contributed by atoms with Crippen molar-refractivity contribution < 1.29 is 13.9 Å². The second-order valence-corrected chi connectivity index (χ2v) is 7.70. The molecule has 0 radical (unpaired) electrons. The number of halogens is 1. The van der Waals surface area contributed by atoms with Gasteiger partial charge in [-0.15, -0.1) is 0 Å². The number of amidine groups is 1. The highest BCUT2D eigenvalue weighted by Crippen LogP contribution is 2.27. The van der Waals surface area contributed by atoms with Gasteiger partial charge in [-0.05, 0) is 39.7 Å². The molecule has 0 unspecified atom stereocenters. The molecule has 2 aliphatic heterocycles. The number of ether oxygens (including phenoxy) is 1. The number of hydrogen-bond donors (Lipinski definition) is 1. The van der Waals surface area contributed by atoms with Crippen molar-refractivity contribution in [3.8, 4) is 0 Å². The molecule has 1 amide bonds. The average molecular weight is 348 g/mol. The number of pyridine rings is 1. The zero-order chi connectivity index (χ0) is 18.2. The second kappa shape index (κ2) is 6.61. The predicted octanol–water partition coefficient (Wildman–Crippen LogP) is 2.91. The number of aliphatic imine (C=N–C) groups is 1. The topological polar surface area (TPSA) is 66.8 Å². The molecule has 2 atom stereocenters. The summed E-state index contributed by atoms with van der Waals surface area (Å²) in [4.78, 5) is 22.9. The van der Waals surface area contributed by atoms with Crippen molar-refractivity contribution in [2.24, 2.45) is 4.99 Å². The zero-order valence-electron chi connectivity index (χ0n) is 15.2. The summed E-state index contributed by atoms with van der Waals surface area (Å²) >= 11 is 0. The van der Waals surface area contributed by atoms with Crippen molar-refractivity contribution in [1.29, 1.82) is 0 Å². The van der Waals surface area contributed by atoms with Gasteiger partial charge in [0.2, 0.25) is 0 Å². The molecule has 1 N–H and O–H groups in total. The van der Waals surface area contributed by atoms with Gasteiger partial charge in [0.15, 0.2) is 5.82 Å². The van der Waals surface area contributed by atoms with Gasteiger partial charge in [-0.1, -0.05) is 6.07 Å². The molecule has 25 heavy (non-hydrogen) atoms. The van der Waals surface area contributed by atoms with Gasteiger partial charge >= 0.3 is 6.09 Å². The number of hydrogen-bond acceptors (Lipinski definition) is 5. The van der Waals surface area contributed by atoms with E-state index >= 15 is 0 Å². The monoisotopic (exact) mass is 348 g/mol. The molecule has 0 aliphatic carbocycles. The Balaban J connectivity index is 1.64. The van der Waals surface area contributed by atoms with E-state index in [0.29, 0.717) is 25.9 Å². The van der Waals surface area contributed by atoms with E-state index in [4.69, 9.17) is 4.74 Å². The van der Waals surface area contributed by atoms with Crippen molar-refractivity contribution in [2.45, 2.75) is 58.4 Å². The Hall–Kier alpha value is -2.18. The summed E-state index contributed by atoms with van der Waals surface area (Å²) in [6.45, 7) is 8.32. The molecule has 0 spiro atoms. The Labute approximate surface area is 147 Å². The third-order valence-electron chi connectivity index (χ3n) is 4.26. The van der Waals surface area contributed by atoms with Crippen molar-refractivity contribution >= 4 is 17.7 Å². The van der Waals surface area contributed by atoms with Crippen LogP contribution in [0.15, 0.2) is 17.3 Å². The number of alkyl carbamates (subject to hydrolysis) is 1. The maximum absolute atomic E-state index is 14.3. The van der Waals surface area contributed by atoms with Crippen molar-refractivity contribution in [3.05, 3.63) is 23.4 Å². The van der Waals surface area contributed by atoms with Crippen molar-refractivity contribution in [1.82, 2.24) is 15.2 Å². The Morgan fingerprint density at radius 3 is 2.92 bits per heavy atom. The number of fused-ring (bicyclic) bond motifs is 1. The van der Waals surface area contributed by atoms with E-state index in [0.717, 1.165) is 22.8 Å². The van der Waals surface area contributed by atoms with Crippen LogP contribution in [0.3, 0.4) is 0 Å². The lowest BCUT2D eigenvalue weighted by molar-refractivity contribution is 0.0431. The van der Waals surface area contributed by atoms with Gasteiger partial charge < -0.3 is 15.0 Å². The van der Waals surface area contributed by atoms with Crippen LogP contribution in [0.5, 0.6) is 0 Å². The Morgan fingerprint density at radius 2 is 2.20 bits per heavy atom. The highest BCUT2D eigenvalue weighted by Gasteiger charge is 2.34. The number of amides is 1. The number of carbonyl (C=O) groups excluding carboxylic acids is 1. The molecule has 1 aromatic heterocycles. The first-order chi connectivity index (χ1) is 11.7. The average Bonchev–Trinajstić information content (AvgIpc) is 2.90. The molecular weight excluding hydrogens is 323 g/mol. The van der Waals surface area contributed by atoms with Gasteiger partial charge in [-0.25, -0.2) is 19.2 Å². The summed E-state index contributed by atoms with van der Waals surface area (Å²) in [7, 11) is 0. The fraction of sp³-hybridized carbons (Fsp3) is 0.611. The van der Waals surface area contributed by atoms with Crippen LogP contribution >= 0.6 is 0 Å². The van der Waals surface area contributed by atoms with Gasteiger partial charge in [-0.2, -0.15) is 0 Å². The minimum absolute atomic E-state index is 0.349. The molecule has 6 nitrogen and oxygen atoms in total. The van der Waals surface area contributed by atoms with E-state index < -0.39 is 23.9 Å². The SMILES string of the molecule is Cc1cnc2c(c1)CC(N1CC[C@@H](F)[C@H](NC(=O)OC(C)(C)C)C1)=N2. The molecule has 0 saturated carbocycles. The fourth-order valence-electron chi connectivity index (χ4n) is 3.12. The smallest absolute Gasteiger partial charge is 0.408 e. The number of nitrogens with one attached hydrogen (secondary N) is 1. The standard InChI is InChI=1S/C18H25FN4O2/c1-11-7-12-8-15(22-16(12)20-9-11)23-6-5-13(19)14(10-23)21-17(24)25-18(2,3)4/h7,9,13-14H,5-6,8,10H2,1-4H3,(H,21,24)/t13-,14-/m1/s1. The number of piperidine rings is 1. The quantitative estimate of drug-likeness (QED) is 0.847. The predicted molar refractivity (Wildman–Crippen MR) is 94.0 cm³/mol. The van der Waals surface area contributed by atoms with E-state index in [9.17, 15) is 9.18 Å². The zero-order valence-corrected chi connectivity index (χ0v) is 15.2. The molecule has 136 valence electrons. The van der Waals surface area contributed by atoms with Crippen LogP contribution in [-0.2, 0) is 11.2 Å².